The number of piperidine rings is 1. The van der Waals surface area contributed by atoms with Crippen LogP contribution in [0, 0.1) is 5.92 Å². The number of nitrogens with zero attached hydrogens (tertiary/aromatic N) is 5. The molecule has 0 aliphatic carbocycles. The molecule has 0 radical (unpaired) electrons. The molecule has 0 unspecified atom stereocenters. The molecule has 0 saturated carbocycles. The highest BCUT2D eigenvalue weighted by atomic mass is 32.1. The van der Waals surface area contributed by atoms with Crippen molar-refractivity contribution in [3.8, 4) is 0 Å². The second-order valence-corrected chi connectivity index (χ2v) is 8.21. The number of aromatic nitrogens is 2. The number of carbonyl (C=O) groups excluding carboxylic acids is 1. The molecule has 2 aromatic heterocycles. The molecule has 26 heavy (non-hydrogen) atoms. The summed E-state index contributed by atoms with van der Waals surface area (Å²) < 4.78 is 0. The number of hydrogen-bond acceptors (Lipinski definition) is 6. The first-order chi connectivity index (χ1) is 12.7. The number of piperazine rings is 1. The average Bonchev–Trinajstić information content (AvgIpc) is 3.13. The average molecular weight is 374 g/mol. The van der Waals surface area contributed by atoms with E-state index in [4.69, 9.17) is 4.98 Å². The lowest BCUT2D eigenvalue weighted by Gasteiger charge is -2.38. The predicted octanol–water partition coefficient (Wildman–Crippen LogP) is 2.46. The molecule has 2 aromatic rings. The Hall–Kier alpha value is -1.73. The molecular weight excluding hydrogens is 346 g/mol. The molecule has 2 saturated heterocycles. The number of amides is 1. The Balaban J connectivity index is 1.31. The van der Waals surface area contributed by atoms with E-state index in [1.807, 2.05) is 18.3 Å². The van der Waals surface area contributed by atoms with Crippen LogP contribution in [0.3, 0.4) is 0 Å². The molecule has 4 heterocycles. The van der Waals surface area contributed by atoms with Gasteiger partial charge in [-0.3, -0.25) is 9.69 Å². The van der Waals surface area contributed by atoms with Crippen molar-refractivity contribution in [2.75, 3.05) is 50.7 Å². The van der Waals surface area contributed by atoms with E-state index in [9.17, 15) is 4.79 Å². The van der Waals surface area contributed by atoms with Gasteiger partial charge in [-0.25, -0.2) is 9.97 Å². The maximum absolute atomic E-state index is 12.9. The Morgan fingerprint density at radius 2 is 1.96 bits per heavy atom. The Morgan fingerprint density at radius 3 is 2.65 bits per heavy atom. The maximum Gasteiger partial charge on any atom is 0.225 e. The van der Waals surface area contributed by atoms with Crippen LogP contribution in [0.1, 0.15) is 26.2 Å². The highest BCUT2D eigenvalue weighted by molar-refractivity contribution is 7.21. The van der Waals surface area contributed by atoms with Crippen molar-refractivity contribution in [3.63, 3.8) is 0 Å². The fraction of sp³-hybridized carbons (Fsp3) is 0.632. The lowest BCUT2D eigenvalue weighted by Crippen LogP contribution is -2.51. The topological polar surface area (TPSA) is 52.6 Å². The lowest BCUT2D eigenvalue weighted by molar-refractivity contribution is -0.138. The minimum absolute atomic E-state index is 0.177. The molecule has 2 aliphatic heterocycles. The van der Waals surface area contributed by atoms with Gasteiger partial charge in [0, 0.05) is 51.4 Å². The third-order valence-corrected chi connectivity index (χ3v) is 6.53. The van der Waals surface area contributed by atoms with Crippen molar-refractivity contribution in [2.45, 2.75) is 26.2 Å². The van der Waals surface area contributed by atoms with Gasteiger partial charge < -0.3 is 9.80 Å². The van der Waals surface area contributed by atoms with E-state index < -0.39 is 0 Å². The first-order valence-corrected chi connectivity index (χ1v) is 10.5. The number of rotatable bonds is 4. The molecule has 0 N–H and O–H groups in total. The largest absolute Gasteiger partial charge is 0.348 e. The van der Waals surface area contributed by atoms with E-state index in [0.717, 1.165) is 74.1 Å². The minimum atomic E-state index is 0.177. The second kappa shape index (κ2) is 7.88. The molecule has 6 nitrogen and oxygen atoms in total. The summed E-state index contributed by atoms with van der Waals surface area (Å²) in [6.07, 6.45) is 4.86. The van der Waals surface area contributed by atoms with E-state index in [2.05, 4.69) is 26.6 Å². The van der Waals surface area contributed by atoms with Crippen LogP contribution < -0.4 is 4.90 Å². The minimum Gasteiger partial charge on any atom is -0.348 e. The van der Waals surface area contributed by atoms with Gasteiger partial charge in [0.05, 0.1) is 0 Å². The summed E-state index contributed by atoms with van der Waals surface area (Å²) in [5, 5.41) is 1.04. The Morgan fingerprint density at radius 1 is 1.19 bits per heavy atom. The summed E-state index contributed by atoms with van der Waals surface area (Å²) in [6, 6.07) is 3.94. The van der Waals surface area contributed by atoms with Gasteiger partial charge in [-0.1, -0.05) is 18.3 Å². The molecule has 140 valence electrons. The Kier molecular flexibility index (Phi) is 5.36. The van der Waals surface area contributed by atoms with E-state index in [-0.39, 0.29) is 5.92 Å². The monoisotopic (exact) mass is 373 g/mol. The maximum atomic E-state index is 12.9. The normalized spacial score (nSPS) is 20.0. The fourth-order valence-electron chi connectivity index (χ4n) is 3.98. The highest BCUT2D eigenvalue weighted by Crippen LogP contribution is 2.30. The third kappa shape index (κ3) is 3.69. The highest BCUT2D eigenvalue weighted by Gasteiger charge is 2.31. The van der Waals surface area contributed by atoms with Crippen molar-refractivity contribution < 1.29 is 4.79 Å². The molecule has 7 heteroatoms. The summed E-state index contributed by atoms with van der Waals surface area (Å²) >= 11 is 1.65. The van der Waals surface area contributed by atoms with Gasteiger partial charge in [0.2, 0.25) is 5.91 Å². The molecule has 0 spiro atoms. The quantitative estimate of drug-likeness (QED) is 0.824. The van der Waals surface area contributed by atoms with Crippen LogP contribution in [0.4, 0.5) is 5.13 Å². The van der Waals surface area contributed by atoms with E-state index in [1.54, 1.807) is 11.3 Å². The van der Waals surface area contributed by atoms with Gasteiger partial charge in [0.1, 0.15) is 10.3 Å². The standard InChI is InChI=1S/C19H27N5OS/c1-2-8-22-11-13-23(14-12-22)18(25)15-5-9-24(10-6-15)19-21-16-4-3-7-20-17(16)26-19/h3-4,7,15H,2,5-6,8-14H2,1H3. The van der Waals surface area contributed by atoms with E-state index in [1.165, 1.54) is 6.42 Å². The molecule has 4 rings (SSSR count). The number of thiazole rings is 1. The molecule has 1 amide bonds. The van der Waals surface area contributed by atoms with Gasteiger partial charge in [0.15, 0.2) is 5.13 Å². The molecular formula is C19H27N5OS. The Bertz CT molecular complexity index is 714. The van der Waals surface area contributed by atoms with Gasteiger partial charge >= 0.3 is 0 Å². The zero-order valence-electron chi connectivity index (χ0n) is 15.4. The first kappa shape index (κ1) is 17.7. The lowest BCUT2D eigenvalue weighted by atomic mass is 9.95. The van der Waals surface area contributed by atoms with Crippen LogP contribution in [0.5, 0.6) is 0 Å². The van der Waals surface area contributed by atoms with Gasteiger partial charge in [-0.15, -0.1) is 0 Å². The summed E-state index contributed by atoms with van der Waals surface area (Å²) in [7, 11) is 0. The van der Waals surface area contributed by atoms with Crippen molar-refractivity contribution >= 4 is 32.7 Å². The first-order valence-electron chi connectivity index (χ1n) is 9.72. The number of pyridine rings is 1. The van der Waals surface area contributed by atoms with Crippen LogP contribution in [0.2, 0.25) is 0 Å². The summed E-state index contributed by atoms with van der Waals surface area (Å²) in [5.41, 5.74) is 0.968. The van der Waals surface area contributed by atoms with Crippen LogP contribution in [-0.2, 0) is 4.79 Å². The van der Waals surface area contributed by atoms with E-state index >= 15 is 0 Å². The smallest absolute Gasteiger partial charge is 0.225 e. The van der Waals surface area contributed by atoms with Crippen molar-refractivity contribution in [2.24, 2.45) is 5.92 Å². The number of fused-ring (bicyclic) bond motifs is 1. The van der Waals surface area contributed by atoms with Gasteiger partial charge in [0.25, 0.3) is 0 Å². The summed E-state index contributed by atoms with van der Waals surface area (Å²) in [6.45, 7) is 9.02. The summed E-state index contributed by atoms with van der Waals surface area (Å²) in [4.78, 5) is 29.8. The third-order valence-electron chi connectivity index (χ3n) is 5.49. The zero-order chi connectivity index (χ0) is 17.9. The molecule has 2 fully saturated rings. The summed E-state index contributed by atoms with van der Waals surface area (Å²) in [5.74, 6) is 0.545. The van der Waals surface area contributed by atoms with Crippen molar-refractivity contribution in [3.05, 3.63) is 18.3 Å². The molecule has 2 aliphatic rings. The SMILES string of the molecule is CCCN1CCN(C(=O)C2CCN(c3nc4cccnc4s3)CC2)CC1. The Labute approximate surface area is 158 Å². The molecule has 0 aromatic carbocycles. The van der Waals surface area contributed by atoms with Crippen molar-refractivity contribution in [1.29, 1.82) is 0 Å². The number of anilines is 1. The van der Waals surface area contributed by atoms with E-state index in [0.29, 0.717) is 5.91 Å². The van der Waals surface area contributed by atoms with Crippen molar-refractivity contribution in [1.82, 2.24) is 19.8 Å². The van der Waals surface area contributed by atoms with Crippen LogP contribution in [0.15, 0.2) is 18.3 Å². The van der Waals surface area contributed by atoms with Gasteiger partial charge in [-0.05, 0) is 37.9 Å². The van der Waals surface area contributed by atoms with Gasteiger partial charge in [-0.2, -0.15) is 0 Å². The predicted molar refractivity (Wildman–Crippen MR) is 106 cm³/mol. The van der Waals surface area contributed by atoms with Crippen LogP contribution in [0.25, 0.3) is 10.3 Å². The molecule has 0 bridgehead atoms. The number of carbonyl (C=O) groups is 1. The molecule has 0 atom stereocenters. The van der Waals surface area contributed by atoms with Crippen LogP contribution >= 0.6 is 11.3 Å². The zero-order valence-corrected chi connectivity index (χ0v) is 16.2. The second-order valence-electron chi connectivity index (χ2n) is 7.25. The van der Waals surface area contributed by atoms with Crippen LogP contribution in [-0.4, -0.2) is 71.5 Å². The number of hydrogen-bond donors (Lipinski definition) is 0. The fourth-order valence-corrected chi connectivity index (χ4v) is 4.94.